The maximum atomic E-state index is 11.7. The summed E-state index contributed by atoms with van der Waals surface area (Å²) in [5.74, 6) is -0.428. The number of esters is 1. The Labute approximate surface area is 127 Å². The number of hydrogen-bond acceptors (Lipinski definition) is 5. The van der Waals surface area contributed by atoms with Crippen LogP contribution in [0.15, 0.2) is 42.5 Å². The number of methoxy groups -OCH3 is 1. The Hall–Kier alpha value is -2.08. The van der Waals surface area contributed by atoms with E-state index in [1.54, 1.807) is 30.3 Å². The Kier molecular flexibility index (Phi) is 5.16. The molecule has 21 heavy (non-hydrogen) atoms. The highest BCUT2D eigenvalue weighted by atomic mass is 35.5. The fourth-order valence-corrected chi connectivity index (χ4v) is 2.16. The van der Waals surface area contributed by atoms with Crippen molar-refractivity contribution in [1.29, 1.82) is 0 Å². The number of carbonyl (C=O) groups excluding carboxylic acids is 1. The Morgan fingerprint density at radius 2 is 1.90 bits per heavy atom. The number of ether oxygens (including phenoxy) is 1. The van der Waals surface area contributed by atoms with Gasteiger partial charge in [0.25, 0.3) is 0 Å². The number of para-hydroxylation sites is 1. The molecule has 2 aromatic rings. The molecule has 2 rings (SSSR count). The summed E-state index contributed by atoms with van der Waals surface area (Å²) in [4.78, 5) is 11.7. The van der Waals surface area contributed by atoms with Crippen LogP contribution < -0.4 is 10.8 Å². The number of anilines is 2. The first-order chi connectivity index (χ1) is 10.2. The van der Waals surface area contributed by atoms with E-state index in [1.807, 2.05) is 12.1 Å². The molecule has 0 bridgehead atoms. The van der Waals surface area contributed by atoms with Gasteiger partial charge in [-0.1, -0.05) is 35.9 Å². The van der Waals surface area contributed by atoms with Crippen LogP contribution in [0.25, 0.3) is 0 Å². The number of hydroxylamine groups is 1. The standard InChI is InChI=1S/C15H15ClN2O3/c1-21-15(19)11-6-2-3-7-12(11)18-13-8-4-5-10(9-17-20)14(13)16/h2-8,17-18,20H,9H2,1H3. The van der Waals surface area contributed by atoms with Crippen LogP contribution in [0.3, 0.4) is 0 Å². The van der Waals surface area contributed by atoms with Crippen LogP contribution >= 0.6 is 11.6 Å². The molecule has 2 aromatic carbocycles. The predicted molar refractivity (Wildman–Crippen MR) is 81.1 cm³/mol. The molecule has 0 saturated carbocycles. The second-order valence-corrected chi connectivity index (χ2v) is 4.65. The molecule has 0 fully saturated rings. The average Bonchev–Trinajstić information content (AvgIpc) is 2.51. The molecule has 0 aliphatic heterocycles. The van der Waals surface area contributed by atoms with Crippen LogP contribution in [0.4, 0.5) is 11.4 Å². The number of benzene rings is 2. The lowest BCUT2D eigenvalue weighted by atomic mass is 10.1. The molecule has 5 nitrogen and oxygen atoms in total. The second kappa shape index (κ2) is 7.08. The third kappa shape index (κ3) is 3.52. The summed E-state index contributed by atoms with van der Waals surface area (Å²) < 4.78 is 4.75. The van der Waals surface area contributed by atoms with Gasteiger partial charge in [-0.2, -0.15) is 0 Å². The molecule has 0 saturated heterocycles. The van der Waals surface area contributed by atoms with Crippen molar-refractivity contribution in [3.63, 3.8) is 0 Å². The summed E-state index contributed by atoms with van der Waals surface area (Å²) in [5.41, 5.74) is 4.46. The van der Waals surface area contributed by atoms with Crippen molar-refractivity contribution in [3.8, 4) is 0 Å². The zero-order valence-corrected chi connectivity index (χ0v) is 12.1. The van der Waals surface area contributed by atoms with E-state index in [1.165, 1.54) is 7.11 Å². The average molecular weight is 307 g/mol. The van der Waals surface area contributed by atoms with Gasteiger partial charge >= 0.3 is 5.97 Å². The number of carbonyl (C=O) groups is 1. The fraction of sp³-hybridized carbons (Fsp3) is 0.133. The fourth-order valence-electron chi connectivity index (χ4n) is 1.92. The molecular formula is C15H15ClN2O3. The summed E-state index contributed by atoms with van der Waals surface area (Å²) in [6, 6.07) is 12.4. The van der Waals surface area contributed by atoms with E-state index in [0.717, 1.165) is 5.56 Å². The molecule has 0 radical (unpaired) electrons. The van der Waals surface area contributed by atoms with Crippen molar-refractivity contribution >= 4 is 28.9 Å². The number of rotatable bonds is 5. The molecule has 0 aliphatic rings. The van der Waals surface area contributed by atoms with Crippen molar-refractivity contribution in [1.82, 2.24) is 5.48 Å². The smallest absolute Gasteiger partial charge is 0.339 e. The van der Waals surface area contributed by atoms with Crippen LogP contribution in [-0.2, 0) is 11.3 Å². The van der Waals surface area contributed by atoms with E-state index in [2.05, 4.69) is 10.8 Å². The van der Waals surface area contributed by atoms with Gasteiger partial charge in [0.15, 0.2) is 0 Å². The molecular weight excluding hydrogens is 292 g/mol. The Morgan fingerprint density at radius 3 is 2.62 bits per heavy atom. The lowest BCUT2D eigenvalue weighted by Gasteiger charge is -2.13. The van der Waals surface area contributed by atoms with Crippen LogP contribution in [-0.4, -0.2) is 18.3 Å². The topological polar surface area (TPSA) is 70.6 Å². The number of nitrogens with one attached hydrogen (secondary N) is 2. The van der Waals surface area contributed by atoms with Gasteiger partial charge in [0.1, 0.15) is 0 Å². The molecule has 0 amide bonds. The molecule has 110 valence electrons. The summed E-state index contributed by atoms with van der Waals surface area (Å²) in [5, 5.41) is 12.4. The summed E-state index contributed by atoms with van der Waals surface area (Å²) in [6.45, 7) is 0.229. The van der Waals surface area contributed by atoms with Crippen molar-refractivity contribution in [3.05, 3.63) is 58.6 Å². The van der Waals surface area contributed by atoms with Crippen molar-refractivity contribution in [2.24, 2.45) is 0 Å². The van der Waals surface area contributed by atoms with Crippen molar-refractivity contribution in [2.75, 3.05) is 12.4 Å². The van der Waals surface area contributed by atoms with Gasteiger partial charge in [-0.15, -0.1) is 0 Å². The summed E-state index contributed by atoms with van der Waals surface area (Å²) >= 11 is 6.27. The normalized spacial score (nSPS) is 10.2. The first-order valence-corrected chi connectivity index (χ1v) is 6.64. The van der Waals surface area contributed by atoms with E-state index in [-0.39, 0.29) is 6.54 Å². The van der Waals surface area contributed by atoms with E-state index in [0.29, 0.717) is 22.0 Å². The van der Waals surface area contributed by atoms with Gasteiger partial charge in [0, 0.05) is 6.54 Å². The van der Waals surface area contributed by atoms with E-state index in [4.69, 9.17) is 21.5 Å². The highest BCUT2D eigenvalue weighted by Gasteiger charge is 2.13. The second-order valence-electron chi connectivity index (χ2n) is 4.28. The van der Waals surface area contributed by atoms with Crippen molar-refractivity contribution < 1.29 is 14.7 Å². The van der Waals surface area contributed by atoms with Crippen molar-refractivity contribution in [2.45, 2.75) is 6.54 Å². The molecule has 6 heteroatoms. The third-order valence-corrected chi connectivity index (χ3v) is 3.40. The van der Waals surface area contributed by atoms with E-state index < -0.39 is 5.97 Å². The monoisotopic (exact) mass is 306 g/mol. The quantitative estimate of drug-likeness (QED) is 0.584. The van der Waals surface area contributed by atoms with Gasteiger partial charge in [-0.25, -0.2) is 10.3 Å². The van der Waals surface area contributed by atoms with Crippen LogP contribution in [0.1, 0.15) is 15.9 Å². The maximum absolute atomic E-state index is 11.7. The van der Waals surface area contributed by atoms with E-state index in [9.17, 15) is 4.79 Å². The molecule has 0 spiro atoms. The van der Waals surface area contributed by atoms with Gasteiger partial charge in [-0.3, -0.25) is 0 Å². The lowest BCUT2D eigenvalue weighted by Crippen LogP contribution is -2.08. The molecule has 3 N–H and O–H groups in total. The van der Waals surface area contributed by atoms with Crippen LogP contribution in [0, 0.1) is 0 Å². The molecule has 0 aliphatic carbocycles. The lowest BCUT2D eigenvalue weighted by molar-refractivity contribution is 0.0602. The Bertz CT molecular complexity index is 647. The third-order valence-electron chi connectivity index (χ3n) is 2.95. The van der Waals surface area contributed by atoms with E-state index >= 15 is 0 Å². The minimum atomic E-state index is -0.428. The molecule has 0 heterocycles. The Morgan fingerprint density at radius 1 is 1.19 bits per heavy atom. The zero-order chi connectivity index (χ0) is 15.2. The summed E-state index contributed by atoms with van der Waals surface area (Å²) in [7, 11) is 1.33. The SMILES string of the molecule is COC(=O)c1ccccc1Nc1cccc(CNO)c1Cl. The number of hydrogen-bond donors (Lipinski definition) is 3. The first kappa shape index (κ1) is 15.3. The van der Waals surface area contributed by atoms with Gasteiger partial charge in [0.2, 0.25) is 0 Å². The summed E-state index contributed by atoms with van der Waals surface area (Å²) in [6.07, 6.45) is 0. The minimum Gasteiger partial charge on any atom is -0.465 e. The highest BCUT2D eigenvalue weighted by molar-refractivity contribution is 6.34. The van der Waals surface area contributed by atoms with Gasteiger partial charge < -0.3 is 15.3 Å². The minimum absolute atomic E-state index is 0.229. The van der Waals surface area contributed by atoms with Crippen LogP contribution in [0.5, 0.6) is 0 Å². The van der Waals surface area contributed by atoms with Gasteiger partial charge in [-0.05, 0) is 23.8 Å². The maximum Gasteiger partial charge on any atom is 0.339 e. The molecule has 0 atom stereocenters. The first-order valence-electron chi connectivity index (χ1n) is 6.26. The predicted octanol–water partition coefficient (Wildman–Crippen LogP) is 3.35. The molecule has 0 unspecified atom stereocenters. The Balaban J connectivity index is 2.35. The largest absolute Gasteiger partial charge is 0.465 e. The van der Waals surface area contributed by atoms with Gasteiger partial charge in [0.05, 0.1) is 29.1 Å². The highest BCUT2D eigenvalue weighted by Crippen LogP contribution is 2.30. The molecule has 0 aromatic heterocycles. The number of halogens is 1. The zero-order valence-electron chi connectivity index (χ0n) is 11.4. The van der Waals surface area contributed by atoms with Crippen LogP contribution in [0.2, 0.25) is 5.02 Å².